The molecule has 116 valence electrons. The highest BCUT2D eigenvalue weighted by molar-refractivity contribution is 9.10. The number of anilines is 1. The molecule has 3 aromatic rings. The van der Waals surface area contributed by atoms with Crippen molar-refractivity contribution in [2.24, 2.45) is 0 Å². The summed E-state index contributed by atoms with van der Waals surface area (Å²) in [5.74, 6) is -0.626. The van der Waals surface area contributed by atoms with E-state index in [4.69, 9.17) is 0 Å². The van der Waals surface area contributed by atoms with Crippen molar-refractivity contribution in [3.05, 3.63) is 22.7 Å². The van der Waals surface area contributed by atoms with Crippen LogP contribution in [-0.4, -0.2) is 27.3 Å². The molecule has 8 heteroatoms. The van der Waals surface area contributed by atoms with Gasteiger partial charge in [-0.3, -0.25) is 19.0 Å². The third kappa shape index (κ3) is 2.05. The fraction of sp³-hybridized carbons (Fsp3) is 0.200. The van der Waals surface area contributed by atoms with Gasteiger partial charge >= 0.3 is 0 Å². The number of rotatable bonds is 1. The molecule has 0 spiro atoms. The highest BCUT2D eigenvalue weighted by atomic mass is 79.9. The van der Waals surface area contributed by atoms with Gasteiger partial charge in [-0.15, -0.1) is 0 Å². The van der Waals surface area contributed by atoms with E-state index in [-0.39, 0.29) is 30.6 Å². The molecule has 1 aromatic carbocycles. The lowest BCUT2D eigenvalue weighted by Gasteiger charge is -2.08. The molecule has 0 bridgehead atoms. The zero-order chi connectivity index (χ0) is 16.3. The molecule has 0 radical (unpaired) electrons. The predicted octanol–water partition coefficient (Wildman–Crippen LogP) is 3.33. The Morgan fingerprint density at radius 3 is 2.61 bits per heavy atom. The van der Waals surface area contributed by atoms with E-state index in [2.05, 4.69) is 20.9 Å². The zero-order valence-corrected chi connectivity index (χ0v) is 14.4. The van der Waals surface area contributed by atoms with Crippen molar-refractivity contribution in [2.75, 3.05) is 4.90 Å². The molecule has 0 atom stereocenters. The van der Waals surface area contributed by atoms with Crippen molar-refractivity contribution < 1.29 is 14.4 Å². The van der Waals surface area contributed by atoms with Gasteiger partial charge in [0.15, 0.2) is 0 Å². The number of hydrogen-bond acceptors (Lipinski definition) is 5. The van der Waals surface area contributed by atoms with Gasteiger partial charge in [0, 0.05) is 29.6 Å². The van der Waals surface area contributed by atoms with E-state index < -0.39 is 0 Å². The van der Waals surface area contributed by atoms with E-state index in [1.165, 1.54) is 18.3 Å². The lowest BCUT2D eigenvalue weighted by Crippen LogP contribution is -2.28. The predicted molar refractivity (Wildman–Crippen MR) is 90.8 cm³/mol. The Bertz CT molecular complexity index is 1000. The summed E-state index contributed by atoms with van der Waals surface area (Å²) in [5, 5.41) is 1.14. The van der Waals surface area contributed by atoms with E-state index in [0.29, 0.717) is 15.5 Å². The maximum absolute atomic E-state index is 12.1. The van der Waals surface area contributed by atoms with E-state index >= 15 is 0 Å². The number of amides is 2. The summed E-state index contributed by atoms with van der Waals surface area (Å²) < 4.78 is 2.44. The Balaban J connectivity index is 2.03. The molecule has 3 heterocycles. The summed E-state index contributed by atoms with van der Waals surface area (Å²) in [7, 11) is 0. The van der Waals surface area contributed by atoms with Gasteiger partial charge in [0.05, 0.1) is 5.52 Å². The SMILES string of the molecule is CC(=O)n1c2ccc(Br)cc2c2nc(N3C(=O)CCC3=O)sc21. The third-order valence-corrected chi connectivity index (χ3v) is 5.33. The molecule has 0 saturated carbocycles. The zero-order valence-electron chi connectivity index (χ0n) is 12.0. The summed E-state index contributed by atoms with van der Waals surface area (Å²) in [4.78, 5) is 42.1. The number of carbonyl (C=O) groups excluding carboxylic acids is 3. The topological polar surface area (TPSA) is 72.3 Å². The van der Waals surface area contributed by atoms with Crippen molar-refractivity contribution in [3.63, 3.8) is 0 Å². The number of thiazole rings is 1. The molecule has 0 unspecified atom stereocenters. The van der Waals surface area contributed by atoms with Crippen LogP contribution in [0.4, 0.5) is 5.13 Å². The first kappa shape index (κ1) is 14.5. The Labute approximate surface area is 142 Å². The Kier molecular flexibility index (Phi) is 3.14. The molecular formula is C15H10BrN3O3S. The maximum atomic E-state index is 12.1. The molecule has 1 aliphatic rings. The van der Waals surface area contributed by atoms with Crippen LogP contribution in [0.5, 0.6) is 0 Å². The smallest absolute Gasteiger partial charge is 0.236 e. The number of hydrogen-bond donors (Lipinski definition) is 0. The third-order valence-electron chi connectivity index (χ3n) is 3.81. The average molecular weight is 392 g/mol. The van der Waals surface area contributed by atoms with E-state index in [0.717, 1.165) is 20.3 Å². The fourth-order valence-corrected chi connectivity index (χ4v) is 4.36. The van der Waals surface area contributed by atoms with Crippen molar-refractivity contribution in [1.29, 1.82) is 0 Å². The van der Waals surface area contributed by atoms with E-state index in [1.54, 1.807) is 4.57 Å². The summed E-state index contributed by atoms with van der Waals surface area (Å²) in [5.41, 5.74) is 1.39. The van der Waals surface area contributed by atoms with Crippen LogP contribution < -0.4 is 4.90 Å². The van der Waals surface area contributed by atoms with Crippen LogP contribution in [-0.2, 0) is 9.59 Å². The molecule has 6 nitrogen and oxygen atoms in total. The van der Waals surface area contributed by atoms with Crippen LogP contribution in [0.25, 0.3) is 21.3 Å². The first-order valence-electron chi connectivity index (χ1n) is 6.94. The molecule has 1 fully saturated rings. The second-order valence-corrected chi connectivity index (χ2v) is 7.16. The average Bonchev–Trinajstić information content (AvgIpc) is 3.11. The van der Waals surface area contributed by atoms with Crippen LogP contribution in [0.1, 0.15) is 24.6 Å². The van der Waals surface area contributed by atoms with Crippen LogP contribution >= 0.6 is 27.3 Å². The van der Waals surface area contributed by atoms with Gasteiger partial charge in [-0.25, -0.2) is 9.88 Å². The minimum atomic E-state index is -0.244. The molecule has 23 heavy (non-hydrogen) atoms. The molecule has 0 aliphatic carbocycles. The minimum Gasteiger partial charge on any atom is -0.274 e. The monoisotopic (exact) mass is 391 g/mol. The largest absolute Gasteiger partial charge is 0.274 e. The van der Waals surface area contributed by atoms with Crippen LogP contribution in [0.3, 0.4) is 0 Å². The number of aromatic nitrogens is 2. The molecule has 1 saturated heterocycles. The minimum absolute atomic E-state index is 0.137. The molecule has 4 rings (SSSR count). The second-order valence-electron chi connectivity index (χ2n) is 5.29. The summed E-state index contributed by atoms with van der Waals surface area (Å²) >= 11 is 4.61. The Morgan fingerprint density at radius 2 is 1.96 bits per heavy atom. The lowest BCUT2D eigenvalue weighted by atomic mass is 10.2. The van der Waals surface area contributed by atoms with E-state index in [9.17, 15) is 14.4 Å². The van der Waals surface area contributed by atoms with Gasteiger partial charge in [-0.1, -0.05) is 27.3 Å². The summed E-state index contributed by atoms with van der Waals surface area (Å²) in [6.45, 7) is 1.48. The molecule has 0 N–H and O–H groups in total. The number of nitrogens with zero attached hydrogens (tertiary/aromatic N) is 3. The number of imide groups is 1. The van der Waals surface area contributed by atoms with Gasteiger partial charge in [0.25, 0.3) is 0 Å². The molecule has 2 aromatic heterocycles. The highest BCUT2D eigenvalue weighted by Crippen LogP contribution is 2.38. The Hall–Kier alpha value is -2.06. The number of carbonyl (C=O) groups is 3. The van der Waals surface area contributed by atoms with Crippen LogP contribution in [0, 0.1) is 0 Å². The number of fused-ring (bicyclic) bond motifs is 3. The maximum Gasteiger partial charge on any atom is 0.236 e. The number of halogens is 1. The van der Waals surface area contributed by atoms with Gasteiger partial charge in [0.1, 0.15) is 10.3 Å². The van der Waals surface area contributed by atoms with Gasteiger partial charge in [-0.2, -0.15) is 0 Å². The highest BCUT2D eigenvalue weighted by Gasteiger charge is 2.33. The summed E-state index contributed by atoms with van der Waals surface area (Å²) in [6, 6.07) is 5.59. The van der Waals surface area contributed by atoms with Gasteiger partial charge in [-0.05, 0) is 18.2 Å². The molecule has 2 amide bonds. The van der Waals surface area contributed by atoms with Crippen molar-refractivity contribution >= 4 is 71.4 Å². The normalized spacial score (nSPS) is 15.3. The first-order valence-corrected chi connectivity index (χ1v) is 8.55. The number of benzene rings is 1. The summed E-state index contributed by atoms with van der Waals surface area (Å²) in [6.07, 6.45) is 0.420. The van der Waals surface area contributed by atoms with Crippen molar-refractivity contribution in [3.8, 4) is 0 Å². The van der Waals surface area contributed by atoms with Crippen molar-refractivity contribution in [2.45, 2.75) is 19.8 Å². The first-order chi connectivity index (χ1) is 11.0. The fourth-order valence-electron chi connectivity index (χ4n) is 2.83. The van der Waals surface area contributed by atoms with Gasteiger partial charge < -0.3 is 0 Å². The van der Waals surface area contributed by atoms with E-state index in [1.807, 2.05) is 18.2 Å². The Morgan fingerprint density at radius 1 is 1.26 bits per heavy atom. The second kappa shape index (κ2) is 4.97. The van der Waals surface area contributed by atoms with Gasteiger partial charge in [0.2, 0.25) is 22.9 Å². The lowest BCUT2D eigenvalue weighted by molar-refractivity contribution is -0.121. The quantitative estimate of drug-likeness (QED) is 0.596. The molecule has 1 aliphatic heterocycles. The van der Waals surface area contributed by atoms with Crippen LogP contribution in [0.2, 0.25) is 0 Å². The van der Waals surface area contributed by atoms with Crippen LogP contribution in [0.15, 0.2) is 22.7 Å². The van der Waals surface area contributed by atoms with Crippen molar-refractivity contribution in [1.82, 2.24) is 9.55 Å². The standard InChI is InChI=1S/C15H10BrN3O3S/c1-7(20)18-10-3-2-8(16)6-9(10)13-14(18)23-15(17-13)19-11(21)4-5-12(19)22/h2-3,6H,4-5H2,1H3. The molecular weight excluding hydrogens is 382 g/mol.